The maximum Gasteiger partial charge on any atom is 0.197 e. The van der Waals surface area contributed by atoms with Crippen molar-refractivity contribution in [2.24, 2.45) is 0 Å². The lowest BCUT2D eigenvalue weighted by molar-refractivity contribution is 0.358. The lowest BCUT2D eigenvalue weighted by atomic mass is 9.98. The molecule has 0 radical (unpaired) electrons. The first-order valence-corrected chi connectivity index (χ1v) is 6.12. The lowest BCUT2D eigenvalue weighted by Gasteiger charge is -2.19. The smallest absolute Gasteiger partial charge is 0.197 e. The molecular weight excluding hydrogens is 188 g/mol. The van der Waals surface area contributed by atoms with Crippen molar-refractivity contribution >= 4 is 0 Å². The second-order valence-corrected chi connectivity index (χ2v) is 4.65. The number of nitrogens with zero attached hydrogens (tertiary/aromatic N) is 1. The summed E-state index contributed by atoms with van der Waals surface area (Å²) >= 11 is 0. The van der Waals surface area contributed by atoms with Gasteiger partial charge < -0.3 is 9.73 Å². The Hall–Kier alpha value is -0.830. The summed E-state index contributed by atoms with van der Waals surface area (Å²) in [6, 6.07) is 0. The summed E-state index contributed by atoms with van der Waals surface area (Å²) in [5.74, 6) is 2.76. The summed E-state index contributed by atoms with van der Waals surface area (Å²) in [5, 5.41) is 3.38. The third-order valence-corrected chi connectivity index (χ3v) is 3.55. The van der Waals surface area contributed by atoms with Gasteiger partial charge >= 0.3 is 0 Å². The van der Waals surface area contributed by atoms with Crippen LogP contribution in [0.3, 0.4) is 0 Å². The minimum atomic E-state index is 0.567. The van der Waals surface area contributed by atoms with Gasteiger partial charge in [-0.2, -0.15) is 0 Å². The molecule has 1 aliphatic heterocycles. The zero-order valence-corrected chi connectivity index (χ0v) is 9.09. The van der Waals surface area contributed by atoms with E-state index in [4.69, 9.17) is 4.42 Å². The van der Waals surface area contributed by atoms with E-state index in [9.17, 15) is 0 Å². The van der Waals surface area contributed by atoms with E-state index in [1.54, 1.807) is 0 Å². The molecule has 82 valence electrons. The van der Waals surface area contributed by atoms with Gasteiger partial charge in [-0.25, -0.2) is 4.98 Å². The van der Waals surface area contributed by atoms with E-state index in [0.29, 0.717) is 5.92 Å². The fourth-order valence-corrected chi connectivity index (χ4v) is 2.62. The predicted molar refractivity (Wildman–Crippen MR) is 58.0 cm³/mol. The second kappa shape index (κ2) is 3.97. The molecule has 0 aromatic carbocycles. The minimum Gasteiger partial charge on any atom is -0.445 e. The molecule has 1 fully saturated rings. The monoisotopic (exact) mass is 206 g/mol. The van der Waals surface area contributed by atoms with Gasteiger partial charge in [0.05, 0.1) is 5.69 Å². The number of aromatic nitrogens is 1. The van der Waals surface area contributed by atoms with Crippen LogP contribution in [0.1, 0.15) is 48.9 Å². The third kappa shape index (κ3) is 1.81. The van der Waals surface area contributed by atoms with Crippen LogP contribution in [-0.2, 0) is 12.8 Å². The van der Waals surface area contributed by atoms with Gasteiger partial charge in [0.2, 0.25) is 0 Å². The molecule has 0 saturated carbocycles. The molecule has 2 heterocycles. The Labute approximate surface area is 90.3 Å². The molecule has 0 spiro atoms. The maximum atomic E-state index is 5.91. The number of rotatable bonds is 1. The van der Waals surface area contributed by atoms with Crippen molar-refractivity contribution in [1.82, 2.24) is 10.3 Å². The van der Waals surface area contributed by atoms with Crippen LogP contribution in [-0.4, -0.2) is 18.1 Å². The molecule has 2 aliphatic rings. The van der Waals surface area contributed by atoms with Gasteiger partial charge in [0.1, 0.15) is 5.76 Å². The van der Waals surface area contributed by atoms with Crippen LogP contribution >= 0.6 is 0 Å². The Balaban J connectivity index is 1.82. The number of hydrogen-bond acceptors (Lipinski definition) is 3. The van der Waals surface area contributed by atoms with Crippen molar-refractivity contribution in [3.8, 4) is 0 Å². The van der Waals surface area contributed by atoms with E-state index >= 15 is 0 Å². The molecule has 0 atom stereocenters. The van der Waals surface area contributed by atoms with Crippen LogP contribution in [0.15, 0.2) is 4.42 Å². The van der Waals surface area contributed by atoms with Crippen molar-refractivity contribution in [3.05, 3.63) is 17.3 Å². The first kappa shape index (κ1) is 9.40. The van der Waals surface area contributed by atoms with Crippen molar-refractivity contribution in [2.75, 3.05) is 13.1 Å². The maximum absolute atomic E-state index is 5.91. The highest BCUT2D eigenvalue weighted by atomic mass is 16.4. The Morgan fingerprint density at radius 2 is 1.93 bits per heavy atom. The second-order valence-electron chi connectivity index (χ2n) is 4.65. The normalized spacial score (nSPS) is 22.7. The van der Waals surface area contributed by atoms with Gasteiger partial charge in [0.25, 0.3) is 0 Å². The van der Waals surface area contributed by atoms with Crippen LogP contribution in [0.25, 0.3) is 0 Å². The largest absolute Gasteiger partial charge is 0.445 e. The molecule has 0 unspecified atom stereocenters. The first-order valence-electron chi connectivity index (χ1n) is 6.12. The van der Waals surface area contributed by atoms with Crippen LogP contribution in [0.5, 0.6) is 0 Å². The predicted octanol–water partition coefficient (Wildman–Crippen LogP) is 2.02. The molecule has 1 aromatic rings. The lowest BCUT2D eigenvalue weighted by Crippen LogP contribution is -2.26. The molecule has 1 saturated heterocycles. The fourth-order valence-electron chi connectivity index (χ4n) is 2.62. The molecular formula is C12H18N2O. The number of aryl methyl sites for hydroxylation is 2. The van der Waals surface area contributed by atoms with E-state index in [0.717, 1.165) is 31.8 Å². The van der Waals surface area contributed by atoms with Crippen LogP contribution in [0, 0.1) is 0 Å². The van der Waals surface area contributed by atoms with Gasteiger partial charge in [0, 0.05) is 12.3 Å². The van der Waals surface area contributed by atoms with E-state index in [2.05, 4.69) is 10.3 Å². The van der Waals surface area contributed by atoms with E-state index < -0.39 is 0 Å². The fraction of sp³-hybridized carbons (Fsp3) is 0.750. The van der Waals surface area contributed by atoms with Gasteiger partial charge in [-0.15, -0.1) is 0 Å². The number of hydrogen-bond donors (Lipinski definition) is 1. The molecule has 1 N–H and O–H groups in total. The molecule has 3 heteroatoms. The Bertz CT molecular complexity index is 316. The van der Waals surface area contributed by atoms with Gasteiger partial charge in [-0.05, 0) is 45.2 Å². The summed E-state index contributed by atoms with van der Waals surface area (Å²) in [6.45, 7) is 2.22. The van der Waals surface area contributed by atoms with E-state index in [1.807, 2.05) is 0 Å². The topological polar surface area (TPSA) is 38.1 Å². The van der Waals surface area contributed by atoms with Gasteiger partial charge in [-0.3, -0.25) is 0 Å². The standard InChI is InChI=1S/C12H18N2O/c1-2-4-11-10(3-1)14-12(15-11)9-5-7-13-8-6-9/h9,13H,1-8H2. The molecule has 0 bridgehead atoms. The molecule has 3 rings (SSSR count). The first-order chi connectivity index (χ1) is 7.43. The van der Waals surface area contributed by atoms with Crippen molar-refractivity contribution in [2.45, 2.75) is 44.4 Å². The molecule has 15 heavy (non-hydrogen) atoms. The summed E-state index contributed by atoms with van der Waals surface area (Å²) in [7, 11) is 0. The van der Waals surface area contributed by atoms with Crippen LogP contribution < -0.4 is 5.32 Å². The molecule has 1 aliphatic carbocycles. The highest BCUT2D eigenvalue weighted by Crippen LogP contribution is 2.29. The van der Waals surface area contributed by atoms with Gasteiger partial charge in [0.15, 0.2) is 5.89 Å². The average Bonchev–Trinajstić information content (AvgIpc) is 2.74. The molecule has 0 amide bonds. The summed E-state index contributed by atoms with van der Waals surface area (Å²) < 4.78 is 5.91. The minimum absolute atomic E-state index is 0.567. The Morgan fingerprint density at radius 1 is 1.13 bits per heavy atom. The highest BCUT2D eigenvalue weighted by molar-refractivity contribution is 5.15. The summed E-state index contributed by atoms with van der Waals surface area (Å²) in [6.07, 6.45) is 7.15. The number of piperidine rings is 1. The van der Waals surface area contributed by atoms with Crippen molar-refractivity contribution < 1.29 is 4.42 Å². The SMILES string of the molecule is C1CCc2oc(C3CCNCC3)nc2C1. The quantitative estimate of drug-likeness (QED) is 0.764. The third-order valence-electron chi connectivity index (χ3n) is 3.55. The van der Waals surface area contributed by atoms with E-state index in [1.165, 1.54) is 37.1 Å². The number of nitrogens with one attached hydrogen (secondary N) is 1. The Kier molecular flexibility index (Phi) is 2.49. The van der Waals surface area contributed by atoms with Crippen LogP contribution in [0.4, 0.5) is 0 Å². The molecule has 1 aromatic heterocycles. The number of oxazole rings is 1. The zero-order chi connectivity index (χ0) is 10.1. The average molecular weight is 206 g/mol. The Morgan fingerprint density at radius 3 is 2.73 bits per heavy atom. The van der Waals surface area contributed by atoms with E-state index in [-0.39, 0.29) is 0 Å². The zero-order valence-electron chi connectivity index (χ0n) is 9.09. The van der Waals surface area contributed by atoms with Crippen LogP contribution in [0.2, 0.25) is 0 Å². The van der Waals surface area contributed by atoms with Crippen molar-refractivity contribution in [3.63, 3.8) is 0 Å². The summed E-state index contributed by atoms with van der Waals surface area (Å²) in [4.78, 5) is 4.68. The van der Waals surface area contributed by atoms with Crippen molar-refractivity contribution in [1.29, 1.82) is 0 Å². The summed E-state index contributed by atoms with van der Waals surface area (Å²) in [5.41, 5.74) is 1.25. The number of fused-ring (bicyclic) bond motifs is 1. The molecule has 3 nitrogen and oxygen atoms in total. The highest BCUT2D eigenvalue weighted by Gasteiger charge is 2.23. The van der Waals surface area contributed by atoms with Gasteiger partial charge in [-0.1, -0.05) is 0 Å².